The van der Waals surface area contributed by atoms with Crippen LogP contribution in [-0.2, 0) is 9.53 Å². The van der Waals surface area contributed by atoms with Gasteiger partial charge in [0.05, 0.1) is 5.60 Å². The molecule has 0 aromatic carbocycles. The summed E-state index contributed by atoms with van der Waals surface area (Å²) >= 11 is 0. The third-order valence-electron chi connectivity index (χ3n) is 2.33. The standard InChI is InChI=1S/C10H18O3/c1-9(2,12)7-10(8-11)5-3-4-6-13-10/h8,12H,3-7H2,1-2H3. The summed E-state index contributed by atoms with van der Waals surface area (Å²) in [4.78, 5) is 10.9. The molecule has 1 atom stereocenters. The van der Waals surface area contributed by atoms with Crippen molar-refractivity contribution >= 4 is 6.29 Å². The van der Waals surface area contributed by atoms with Crippen molar-refractivity contribution in [1.29, 1.82) is 0 Å². The average molecular weight is 186 g/mol. The zero-order valence-electron chi connectivity index (χ0n) is 8.38. The Bertz CT molecular complexity index is 175. The average Bonchev–Trinajstić information content (AvgIpc) is 2.03. The first-order valence-corrected chi connectivity index (χ1v) is 4.80. The lowest BCUT2D eigenvalue weighted by atomic mass is 9.85. The van der Waals surface area contributed by atoms with Crippen molar-refractivity contribution < 1.29 is 14.6 Å². The van der Waals surface area contributed by atoms with Crippen LogP contribution < -0.4 is 0 Å². The van der Waals surface area contributed by atoms with Crippen molar-refractivity contribution in [3.8, 4) is 0 Å². The molecule has 3 heteroatoms. The maximum Gasteiger partial charge on any atom is 0.151 e. The Balaban J connectivity index is 2.63. The Morgan fingerprint density at radius 3 is 2.62 bits per heavy atom. The first kappa shape index (κ1) is 10.7. The number of carbonyl (C=O) groups excluding carboxylic acids is 1. The molecule has 0 radical (unpaired) electrons. The maximum atomic E-state index is 10.9. The smallest absolute Gasteiger partial charge is 0.151 e. The van der Waals surface area contributed by atoms with Gasteiger partial charge in [0.15, 0.2) is 6.29 Å². The van der Waals surface area contributed by atoms with Crippen LogP contribution >= 0.6 is 0 Å². The lowest BCUT2D eigenvalue weighted by Crippen LogP contribution is -2.44. The van der Waals surface area contributed by atoms with Crippen LogP contribution in [0.3, 0.4) is 0 Å². The molecule has 3 nitrogen and oxygen atoms in total. The molecule has 0 aromatic rings. The van der Waals surface area contributed by atoms with E-state index in [1.54, 1.807) is 13.8 Å². The van der Waals surface area contributed by atoms with E-state index in [0.717, 1.165) is 25.5 Å². The Morgan fingerprint density at radius 1 is 1.54 bits per heavy atom. The Kier molecular flexibility index (Phi) is 3.09. The Hall–Kier alpha value is -0.410. The van der Waals surface area contributed by atoms with Crippen LogP contribution in [0.25, 0.3) is 0 Å². The van der Waals surface area contributed by atoms with E-state index in [1.807, 2.05) is 0 Å². The fourth-order valence-corrected chi connectivity index (χ4v) is 1.88. The highest BCUT2D eigenvalue weighted by Crippen LogP contribution is 2.30. The van der Waals surface area contributed by atoms with Gasteiger partial charge in [0.25, 0.3) is 0 Å². The van der Waals surface area contributed by atoms with Crippen LogP contribution in [0.4, 0.5) is 0 Å². The van der Waals surface area contributed by atoms with E-state index < -0.39 is 11.2 Å². The van der Waals surface area contributed by atoms with Gasteiger partial charge in [-0.2, -0.15) is 0 Å². The van der Waals surface area contributed by atoms with E-state index in [0.29, 0.717) is 13.0 Å². The molecule has 0 amide bonds. The first-order chi connectivity index (χ1) is 5.97. The molecular formula is C10H18O3. The monoisotopic (exact) mass is 186 g/mol. The number of rotatable bonds is 3. The molecule has 0 bridgehead atoms. The molecule has 1 aliphatic heterocycles. The van der Waals surface area contributed by atoms with Gasteiger partial charge in [0.1, 0.15) is 5.60 Å². The minimum absolute atomic E-state index is 0.392. The van der Waals surface area contributed by atoms with Gasteiger partial charge in [-0.1, -0.05) is 0 Å². The van der Waals surface area contributed by atoms with E-state index in [4.69, 9.17) is 4.74 Å². The van der Waals surface area contributed by atoms with Crippen LogP contribution in [0.2, 0.25) is 0 Å². The van der Waals surface area contributed by atoms with Crippen LogP contribution in [0, 0.1) is 0 Å². The van der Waals surface area contributed by atoms with Gasteiger partial charge in [-0.25, -0.2) is 0 Å². The summed E-state index contributed by atoms with van der Waals surface area (Å²) in [5, 5.41) is 9.63. The molecule has 13 heavy (non-hydrogen) atoms. The summed E-state index contributed by atoms with van der Waals surface area (Å²) in [6.07, 6.45) is 4.00. The summed E-state index contributed by atoms with van der Waals surface area (Å²) in [5.41, 5.74) is -1.56. The van der Waals surface area contributed by atoms with Crippen molar-refractivity contribution in [3.63, 3.8) is 0 Å². The molecule has 1 N–H and O–H groups in total. The van der Waals surface area contributed by atoms with E-state index in [2.05, 4.69) is 0 Å². The molecule has 1 aliphatic rings. The van der Waals surface area contributed by atoms with E-state index in [9.17, 15) is 9.90 Å². The minimum Gasteiger partial charge on any atom is -0.390 e. The van der Waals surface area contributed by atoms with E-state index >= 15 is 0 Å². The molecule has 0 aromatic heterocycles. The largest absolute Gasteiger partial charge is 0.390 e. The molecule has 1 fully saturated rings. The predicted octanol–water partition coefficient (Wildman–Crippen LogP) is 1.29. The number of carbonyl (C=O) groups is 1. The highest BCUT2D eigenvalue weighted by molar-refractivity contribution is 5.62. The summed E-state index contributed by atoms with van der Waals surface area (Å²) in [5.74, 6) is 0. The number of aldehydes is 1. The van der Waals surface area contributed by atoms with Crippen molar-refractivity contribution in [3.05, 3.63) is 0 Å². The molecule has 0 spiro atoms. The molecule has 1 rings (SSSR count). The fraction of sp³-hybridized carbons (Fsp3) is 0.900. The molecule has 0 aliphatic carbocycles. The lowest BCUT2D eigenvalue weighted by Gasteiger charge is -2.36. The lowest BCUT2D eigenvalue weighted by molar-refractivity contribution is -0.148. The molecule has 1 saturated heterocycles. The third-order valence-corrected chi connectivity index (χ3v) is 2.33. The minimum atomic E-state index is -0.835. The highest BCUT2D eigenvalue weighted by Gasteiger charge is 2.37. The second-order valence-corrected chi connectivity index (χ2v) is 4.48. The van der Waals surface area contributed by atoms with Gasteiger partial charge in [-0.15, -0.1) is 0 Å². The van der Waals surface area contributed by atoms with Gasteiger partial charge in [-0.3, -0.25) is 0 Å². The van der Waals surface area contributed by atoms with Gasteiger partial charge in [0.2, 0.25) is 0 Å². The molecule has 0 saturated carbocycles. The van der Waals surface area contributed by atoms with Gasteiger partial charge in [-0.05, 0) is 33.1 Å². The van der Waals surface area contributed by atoms with Crippen molar-refractivity contribution in [2.75, 3.05) is 6.61 Å². The Morgan fingerprint density at radius 2 is 2.23 bits per heavy atom. The van der Waals surface area contributed by atoms with Crippen LogP contribution in [-0.4, -0.2) is 29.2 Å². The summed E-state index contributed by atoms with van der Waals surface area (Å²) in [7, 11) is 0. The summed E-state index contributed by atoms with van der Waals surface area (Å²) in [6.45, 7) is 4.04. The van der Waals surface area contributed by atoms with Gasteiger partial charge < -0.3 is 14.6 Å². The molecule has 1 unspecified atom stereocenters. The number of hydrogen-bond donors (Lipinski definition) is 1. The molecule has 76 valence electrons. The normalized spacial score (nSPS) is 30.1. The van der Waals surface area contributed by atoms with Crippen molar-refractivity contribution in [2.24, 2.45) is 0 Å². The maximum absolute atomic E-state index is 10.9. The quantitative estimate of drug-likeness (QED) is 0.675. The van der Waals surface area contributed by atoms with E-state index in [-0.39, 0.29) is 0 Å². The van der Waals surface area contributed by atoms with Crippen LogP contribution in [0.1, 0.15) is 39.5 Å². The zero-order chi connectivity index (χ0) is 9.95. The number of aliphatic hydroxyl groups is 1. The van der Waals surface area contributed by atoms with E-state index in [1.165, 1.54) is 0 Å². The second kappa shape index (κ2) is 3.76. The molecule has 1 heterocycles. The molecular weight excluding hydrogens is 168 g/mol. The topological polar surface area (TPSA) is 46.5 Å². The SMILES string of the molecule is CC(C)(O)CC1(C=O)CCCCO1. The fourth-order valence-electron chi connectivity index (χ4n) is 1.88. The van der Waals surface area contributed by atoms with Gasteiger partial charge in [0, 0.05) is 13.0 Å². The number of ether oxygens (including phenoxy) is 1. The second-order valence-electron chi connectivity index (χ2n) is 4.48. The number of hydrogen-bond acceptors (Lipinski definition) is 3. The van der Waals surface area contributed by atoms with Crippen molar-refractivity contribution in [1.82, 2.24) is 0 Å². The first-order valence-electron chi connectivity index (χ1n) is 4.80. The summed E-state index contributed by atoms with van der Waals surface area (Å²) in [6, 6.07) is 0. The van der Waals surface area contributed by atoms with Crippen LogP contribution in [0.15, 0.2) is 0 Å². The van der Waals surface area contributed by atoms with Crippen LogP contribution in [0.5, 0.6) is 0 Å². The Labute approximate surface area is 79.1 Å². The third kappa shape index (κ3) is 3.08. The van der Waals surface area contributed by atoms with Crippen molar-refractivity contribution in [2.45, 2.75) is 50.7 Å². The highest BCUT2D eigenvalue weighted by atomic mass is 16.5. The zero-order valence-corrected chi connectivity index (χ0v) is 8.38. The van der Waals surface area contributed by atoms with Gasteiger partial charge >= 0.3 is 0 Å². The summed E-state index contributed by atoms with van der Waals surface area (Å²) < 4.78 is 5.46. The predicted molar refractivity (Wildman–Crippen MR) is 49.5 cm³/mol.